The summed E-state index contributed by atoms with van der Waals surface area (Å²) in [5, 5.41) is 9.81. The minimum absolute atomic E-state index is 0.115. The van der Waals surface area contributed by atoms with Crippen LogP contribution < -0.4 is 10.6 Å². The van der Waals surface area contributed by atoms with Crippen LogP contribution in [0, 0.1) is 0 Å². The van der Waals surface area contributed by atoms with E-state index in [-0.39, 0.29) is 11.8 Å². The van der Waals surface area contributed by atoms with Crippen LogP contribution >= 0.6 is 0 Å². The molecule has 0 amide bonds. The Kier molecular flexibility index (Phi) is 2.91. The summed E-state index contributed by atoms with van der Waals surface area (Å²) in [6, 6.07) is 4.74. The Balaban J connectivity index is 2.29. The molecule has 0 bridgehead atoms. The quantitative estimate of drug-likeness (QED) is 0.583. The van der Waals surface area contributed by atoms with Crippen LogP contribution in [-0.2, 0) is 4.79 Å². The van der Waals surface area contributed by atoms with E-state index in [0.717, 1.165) is 6.29 Å². The first-order valence-corrected chi connectivity index (χ1v) is 5.32. The summed E-state index contributed by atoms with van der Waals surface area (Å²) in [7, 11) is 1.84. The summed E-state index contributed by atoms with van der Waals surface area (Å²) < 4.78 is 0. The summed E-state index contributed by atoms with van der Waals surface area (Å²) in [5.74, 6) is 0.115. The zero-order valence-electron chi connectivity index (χ0n) is 9.58. The second-order valence-electron chi connectivity index (χ2n) is 4.07. The number of likely N-dealkylation sites (N-methyl/N-ethyl adjacent to an activating group) is 1. The van der Waals surface area contributed by atoms with Crippen LogP contribution in [0.1, 0.15) is 0 Å². The Morgan fingerprint density at radius 2 is 2.24 bits per heavy atom. The van der Waals surface area contributed by atoms with Gasteiger partial charge >= 0.3 is 0 Å². The van der Waals surface area contributed by atoms with Crippen molar-refractivity contribution in [1.29, 1.82) is 0 Å². The number of nitrogens with zero attached hydrogens (tertiary/aromatic N) is 2. The van der Waals surface area contributed by atoms with Crippen LogP contribution in [0.4, 0.5) is 11.4 Å². The molecule has 17 heavy (non-hydrogen) atoms. The molecule has 1 aromatic carbocycles. The minimum atomic E-state index is -0.211. The number of benzene rings is 1. The second-order valence-corrected chi connectivity index (χ2v) is 4.07. The molecule has 0 saturated heterocycles. The lowest BCUT2D eigenvalue weighted by molar-refractivity contribution is -0.111. The van der Waals surface area contributed by atoms with Crippen molar-refractivity contribution in [3.8, 4) is 5.75 Å². The fraction of sp³-hybridized carbons (Fsp3) is 0.250. The molecule has 3 N–H and O–H groups in total. The number of phenolic OH excluding ortho intramolecular Hbond substituents is 1. The first kappa shape index (κ1) is 11.3. The predicted molar refractivity (Wildman–Crippen MR) is 66.6 cm³/mol. The van der Waals surface area contributed by atoms with E-state index >= 15 is 0 Å². The zero-order valence-corrected chi connectivity index (χ0v) is 9.58. The number of rotatable bonds is 2. The van der Waals surface area contributed by atoms with Crippen molar-refractivity contribution < 1.29 is 9.90 Å². The highest BCUT2D eigenvalue weighted by Gasteiger charge is 2.21. The van der Waals surface area contributed by atoms with Gasteiger partial charge in [-0.2, -0.15) is 0 Å². The molecular weight excluding hydrogens is 218 g/mol. The van der Waals surface area contributed by atoms with Gasteiger partial charge in [-0.3, -0.25) is 0 Å². The van der Waals surface area contributed by atoms with Crippen LogP contribution in [0.25, 0.3) is 0 Å². The number of hydrogen-bond donors (Lipinski definition) is 2. The van der Waals surface area contributed by atoms with Crippen LogP contribution in [0.5, 0.6) is 5.75 Å². The van der Waals surface area contributed by atoms with Gasteiger partial charge in [0.05, 0.1) is 5.69 Å². The van der Waals surface area contributed by atoms with Gasteiger partial charge in [0.1, 0.15) is 18.1 Å². The Hall–Kier alpha value is -2.17. The lowest BCUT2D eigenvalue weighted by atomic mass is 10.2. The smallest absolute Gasteiger partial charge is 0.144 e. The van der Waals surface area contributed by atoms with Crippen molar-refractivity contribution in [3.05, 3.63) is 30.6 Å². The van der Waals surface area contributed by atoms with Gasteiger partial charge in [0.2, 0.25) is 0 Å². The molecule has 1 atom stereocenters. The van der Waals surface area contributed by atoms with Crippen molar-refractivity contribution >= 4 is 17.7 Å². The van der Waals surface area contributed by atoms with Gasteiger partial charge < -0.3 is 25.4 Å². The first-order valence-electron chi connectivity index (χ1n) is 5.32. The van der Waals surface area contributed by atoms with Crippen molar-refractivity contribution in [2.24, 2.45) is 0 Å². The molecule has 0 saturated carbocycles. The monoisotopic (exact) mass is 233 g/mol. The van der Waals surface area contributed by atoms with E-state index < -0.39 is 0 Å². The molecule has 1 unspecified atom stereocenters. The van der Waals surface area contributed by atoms with E-state index in [0.29, 0.717) is 17.9 Å². The third-order valence-electron chi connectivity index (χ3n) is 2.85. The molecule has 1 heterocycles. The molecular formula is C12H15N3O2. The maximum Gasteiger partial charge on any atom is 0.144 e. The fourth-order valence-corrected chi connectivity index (χ4v) is 1.79. The maximum absolute atomic E-state index is 10.9. The molecule has 1 aromatic rings. The summed E-state index contributed by atoms with van der Waals surface area (Å²) in [6.45, 7) is 0.508. The molecule has 90 valence electrons. The number of nitrogen functional groups attached to an aromatic ring is 1. The summed E-state index contributed by atoms with van der Waals surface area (Å²) in [5.41, 5.74) is 6.73. The average molecular weight is 233 g/mol. The van der Waals surface area contributed by atoms with Crippen LogP contribution in [0.15, 0.2) is 30.6 Å². The lowest BCUT2D eigenvalue weighted by Crippen LogP contribution is -2.42. The molecule has 5 nitrogen and oxygen atoms in total. The molecule has 1 aliphatic heterocycles. The Morgan fingerprint density at radius 1 is 1.47 bits per heavy atom. The van der Waals surface area contributed by atoms with Crippen LogP contribution in [0.2, 0.25) is 0 Å². The largest absolute Gasteiger partial charge is 0.506 e. The summed E-state index contributed by atoms with van der Waals surface area (Å²) in [4.78, 5) is 14.6. The highest BCUT2D eigenvalue weighted by molar-refractivity contribution is 5.67. The number of carbonyl (C=O) groups excluding carboxylic acids is 1. The molecule has 1 aliphatic rings. The van der Waals surface area contributed by atoms with E-state index in [2.05, 4.69) is 0 Å². The number of aromatic hydroxyl groups is 1. The molecule has 0 fully saturated rings. The normalized spacial score (nSPS) is 19.5. The topological polar surface area (TPSA) is 69.8 Å². The third-order valence-corrected chi connectivity index (χ3v) is 2.85. The average Bonchev–Trinajstić information content (AvgIpc) is 2.30. The summed E-state index contributed by atoms with van der Waals surface area (Å²) in [6.07, 6.45) is 4.52. The highest BCUT2D eigenvalue weighted by atomic mass is 16.3. The van der Waals surface area contributed by atoms with Gasteiger partial charge in [-0.15, -0.1) is 0 Å². The first-order chi connectivity index (χ1) is 8.11. The van der Waals surface area contributed by atoms with Gasteiger partial charge in [-0.1, -0.05) is 0 Å². The number of phenols is 1. The Morgan fingerprint density at radius 3 is 2.88 bits per heavy atom. The van der Waals surface area contributed by atoms with Crippen molar-refractivity contribution in [2.45, 2.75) is 6.04 Å². The van der Waals surface area contributed by atoms with Gasteiger partial charge in [0.25, 0.3) is 0 Å². The number of aldehydes is 1. The number of hydrogen-bond acceptors (Lipinski definition) is 5. The lowest BCUT2D eigenvalue weighted by Gasteiger charge is -2.33. The zero-order chi connectivity index (χ0) is 12.4. The molecule has 0 aliphatic carbocycles. The molecule has 0 aromatic heterocycles. The predicted octanol–water partition coefficient (Wildman–Crippen LogP) is 0.765. The third kappa shape index (κ3) is 2.18. The van der Waals surface area contributed by atoms with E-state index in [1.807, 2.05) is 23.0 Å². The Bertz CT molecular complexity index is 459. The van der Waals surface area contributed by atoms with E-state index in [1.54, 1.807) is 18.3 Å². The van der Waals surface area contributed by atoms with Crippen LogP contribution in [-0.4, -0.2) is 35.9 Å². The van der Waals surface area contributed by atoms with E-state index in [1.165, 1.54) is 6.07 Å². The number of nitrogens with two attached hydrogens (primary N) is 1. The van der Waals surface area contributed by atoms with Crippen molar-refractivity contribution in [1.82, 2.24) is 4.90 Å². The van der Waals surface area contributed by atoms with E-state index in [4.69, 9.17) is 5.73 Å². The number of anilines is 2. The standard InChI is InChI=1S/C12H15N3O2/c1-14-4-5-15(7-10(14)8-16)11-3-2-9(13)6-12(11)17/h2-6,8,10,17H,7,13H2,1H3. The fourth-order valence-electron chi connectivity index (χ4n) is 1.79. The Labute approximate surface area is 99.7 Å². The van der Waals surface area contributed by atoms with Gasteiger partial charge in [-0.05, 0) is 12.1 Å². The van der Waals surface area contributed by atoms with Gasteiger partial charge in [0, 0.05) is 37.7 Å². The number of carbonyl (C=O) groups is 1. The SMILES string of the molecule is CN1C=CN(c2ccc(N)cc2O)CC1C=O. The minimum Gasteiger partial charge on any atom is -0.506 e. The van der Waals surface area contributed by atoms with E-state index in [9.17, 15) is 9.90 Å². The molecule has 5 heteroatoms. The van der Waals surface area contributed by atoms with Crippen molar-refractivity contribution in [2.75, 3.05) is 24.2 Å². The van der Waals surface area contributed by atoms with Crippen LogP contribution in [0.3, 0.4) is 0 Å². The molecule has 2 rings (SSSR count). The second kappa shape index (κ2) is 4.37. The van der Waals surface area contributed by atoms with Gasteiger partial charge in [0.15, 0.2) is 0 Å². The molecule has 0 spiro atoms. The molecule has 0 radical (unpaired) electrons. The summed E-state index contributed by atoms with van der Waals surface area (Å²) >= 11 is 0. The van der Waals surface area contributed by atoms with Gasteiger partial charge in [-0.25, -0.2) is 0 Å². The maximum atomic E-state index is 10.9. The highest BCUT2D eigenvalue weighted by Crippen LogP contribution is 2.30. The van der Waals surface area contributed by atoms with Crippen molar-refractivity contribution in [3.63, 3.8) is 0 Å².